The largest absolute Gasteiger partial charge is 0.389 e. The van der Waals surface area contributed by atoms with Crippen LogP contribution in [0.4, 0.5) is 13.2 Å². The van der Waals surface area contributed by atoms with Gasteiger partial charge in [-0.1, -0.05) is 36.4 Å². The van der Waals surface area contributed by atoms with Crippen molar-refractivity contribution in [2.75, 3.05) is 13.2 Å². The lowest BCUT2D eigenvalue weighted by Crippen LogP contribution is -2.54. The first-order valence-electron chi connectivity index (χ1n) is 9.62. The van der Waals surface area contributed by atoms with Gasteiger partial charge < -0.3 is 4.74 Å². The van der Waals surface area contributed by atoms with Crippen molar-refractivity contribution in [3.63, 3.8) is 0 Å². The molecule has 31 heavy (non-hydrogen) atoms. The predicted octanol–water partition coefficient (Wildman–Crippen LogP) is 3.68. The molecule has 6 nitrogen and oxygen atoms in total. The van der Waals surface area contributed by atoms with Crippen molar-refractivity contribution in [3.8, 4) is 11.1 Å². The third kappa shape index (κ3) is 4.91. The van der Waals surface area contributed by atoms with Crippen LogP contribution >= 0.6 is 0 Å². The summed E-state index contributed by atoms with van der Waals surface area (Å²) in [6, 6.07) is 12.5. The Hall–Kier alpha value is -2.43. The van der Waals surface area contributed by atoms with E-state index in [-0.39, 0.29) is 37.4 Å². The molecule has 0 radical (unpaired) electrons. The lowest BCUT2D eigenvalue weighted by molar-refractivity contribution is -0.135. The molecule has 0 aromatic heterocycles. The zero-order valence-electron chi connectivity index (χ0n) is 16.5. The van der Waals surface area contributed by atoms with Gasteiger partial charge in [0, 0.05) is 19.6 Å². The fourth-order valence-corrected chi connectivity index (χ4v) is 5.56. The van der Waals surface area contributed by atoms with Crippen LogP contribution in [0.1, 0.15) is 24.8 Å². The minimum Gasteiger partial charge on any atom is -0.381 e. The first-order chi connectivity index (χ1) is 14.6. The van der Waals surface area contributed by atoms with Crippen LogP contribution in [0.3, 0.4) is 0 Å². The fourth-order valence-electron chi connectivity index (χ4n) is 3.62. The highest BCUT2D eigenvalue weighted by Crippen LogP contribution is 2.36. The smallest absolute Gasteiger partial charge is 0.381 e. The molecule has 0 bridgehead atoms. The summed E-state index contributed by atoms with van der Waals surface area (Å²) in [6.07, 6.45) is -5.38. The van der Waals surface area contributed by atoms with Gasteiger partial charge in [0.15, 0.2) is 14.6 Å². The highest BCUT2D eigenvalue weighted by atomic mass is 32.2. The normalized spacial score (nSPS) is 16.6. The quantitative estimate of drug-likeness (QED) is 0.510. The Kier molecular flexibility index (Phi) is 6.73. The van der Waals surface area contributed by atoms with E-state index in [1.807, 2.05) is 0 Å². The van der Waals surface area contributed by atoms with Crippen molar-refractivity contribution in [2.45, 2.75) is 41.5 Å². The molecule has 0 unspecified atom stereocenters. The topological polar surface area (TPSA) is 92.7 Å². The molecule has 1 amide bonds. The Labute approximate surface area is 177 Å². The van der Waals surface area contributed by atoms with E-state index in [1.165, 1.54) is 17.6 Å². The molecule has 1 saturated heterocycles. The number of ether oxygens (including phenoxy) is 1. The number of nitrogens with one attached hydrogen (secondary N) is 1. The maximum atomic E-state index is 13.2. The number of halogens is 3. The van der Waals surface area contributed by atoms with E-state index in [4.69, 9.17) is 9.94 Å². The second kappa shape index (κ2) is 8.97. The number of carbonyl (C=O) groups excluding carboxylic acids is 1. The van der Waals surface area contributed by atoms with Gasteiger partial charge in [-0.15, -0.1) is 0 Å². The van der Waals surface area contributed by atoms with E-state index in [2.05, 4.69) is 0 Å². The molecule has 0 saturated carbocycles. The van der Waals surface area contributed by atoms with Crippen LogP contribution in [0, 0.1) is 0 Å². The van der Waals surface area contributed by atoms with Crippen molar-refractivity contribution < 1.29 is 36.3 Å². The second-order valence-electron chi connectivity index (χ2n) is 7.39. The van der Waals surface area contributed by atoms with Crippen molar-refractivity contribution in [1.82, 2.24) is 5.48 Å². The molecule has 0 spiro atoms. The Morgan fingerprint density at radius 1 is 1.00 bits per heavy atom. The summed E-state index contributed by atoms with van der Waals surface area (Å²) in [5.74, 6) is -0.991. The van der Waals surface area contributed by atoms with E-state index < -0.39 is 33.1 Å². The van der Waals surface area contributed by atoms with Gasteiger partial charge in [-0.05, 0) is 48.1 Å². The SMILES string of the molecule is O=C(NO)C1(S(=O)(=O)c2ccc(-c3ccc(CCC(F)(F)F)cc3)cc2)CCOCC1. The number of carbonyl (C=O) groups is 1. The Morgan fingerprint density at radius 3 is 2.00 bits per heavy atom. The van der Waals surface area contributed by atoms with Gasteiger partial charge in [-0.2, -0.15) is 13.2 Å². The van der Waals surface area contributed by atoms with Gasteiger partial charge in [0.2, 0.25) is 0 Å². The Bertz CT molecular complexity index is 1010. The monoisotopic (exact) mass is 457 g/mol. The van der Waals surface area contributed by atoms with Crippen molar-refractivity contribution in [1.29, 1.82) is 0 Å². The van der Waals surface area contributed by atoms with Crippen LogP contribution < -0.4 is 5.48 Å². The average molecular weight is 457 g/mol. The van der Waals surface area contributed by atoms with Crippen molar-refractivity contribution in [2.24, 2.45) is 0 Å². The number of hydrogen-bond acceptors (Lipinski definition) is 5. The maximum absolute atomic E-state index is 13.2. The molecule has 2 N–H and O–H groups in total. The number of hydroxylamine groups is 1. The molecular formula is C21H22F3NO5S. The standard InChI is InChI=1S/C21H22F3NO5S/c22-21(23,24)10-9-15-1-3-16(4-2-15)17-5-7-18(8-6-17)31(28,29)20(19(26)25-27)11-13-30-14-12-20/h1-8,27H,9-14H2,(H,25,26). The number of alkyl halides is 3. The summed E-state index contributed by atoms with van der Waals surface area (Å²) in [4.78, 5) is 12.2. The first kappa shape index (κ1) is 23.2. The van der Waals surface area contributed by atoms with Gasteiger partial charge in [0.25, 0.3) is 5.91 Å². The van der Waals surface area contributed by atoms with Gasteiger partial charge in [-0.25, -0.2) is 13.9 Å². The van der Waals surface area contributed by atoms with E-state index in [9.17, 15) is 26.4 Å². The van der Waals surface area contributed by atoms with Crippen LogP contribution in [0.5, 0.6) is 0 Å². The summed E-state index contributed by atoms with van der Waals surface area (Å²) < 4.78 is 66.9. The average Bonchev–Trinajstić information content (AvgIpc) is 2.77. The second-order valence-corrected chi connectivity index (χ2v) is 9.65. The van der Waals surface area contributed by atoms with Crippen molar-refractivity contribution >= 4 is 15.7 Å². The zero-order valence-corrected chi connectivity index (χ0v) is 17.3. The predicted molar refractivity (Wildman–Crippen MR) is 106 cm³/mol. The molecule has 1 heterocycles. The fraction of sp³-hybridized carbons (Fsp3) is 0.381. The van der Waals surface area contributed by atoms with Crippen LogP contribution in [0.15, 0.2) is 53.4 Å². The molecular weight excluding hydrogens is 435 g/mol. The summed E-state index contributed by atoms with van der Waals surface area (Å²) in [6.45, 7) is 0.150. The van der Waals surface area contributed by atoms with Crippen molar-refractivity contribution in [3.05, 3.63) is 54.1 Å². The lowest BCUT2D eigenvalue weighted by Gasteiger charge is -2.34. The minimum absolute atomic E-state index is 0.0662. The molecule has 0 aliphatic carbocycles. The number of sulfone groups is 1. The lowest BCUT2D eigenvalue weighted by atomic mass is 9.98. The number of aryl methyl sites for hydroxylation is 1. The molecule has 10 heteroatoms. The van der Waals surface area contributed by atoms with Crippen LogP contribution in [0.2, 0.25) is 0 Å². The van der Waals surface area contributed by atoms with E-state index in [0.29, 0.717) is 16.7 Å². The van der Waals surface area contributed by atoms with Crippen LogP contribution in [-0.2, 0) is 25.8 Å². The van der Waals surface area contributed by atoms with E-state index >= 15 is 0 Å². The van der Waals surface area contributed by atoms with Gasteiger partial charge >= 0.3 is 6.18 Å². The highest BCUT2D eigenvalue weighted by Gasteiger charge is 2.52. The Morgan fingerprint density at radius 2 is 1.52 bits per heavy atom. The molecule has 3 rings (SSSR count). The third-order valence-electron chi connectivity index (χ3n) is 5.48. The van der Waals surface area contributed by atoms with Crippen LogP contribution in [-0.4, -0.2) is 43.7 Å². The number of rotatable bonds is 6. The van der Waals surface area contributed by atoms with E-state index in [0.717, 1.165) is 0 Å². The van der Waals surface area contributed by atoms with Gasteiger partial charge in [0.1, 0.15) is 0 Å². The Balaban J connectivity index is 1.83. The summed E-state index contributed by atoms with van der Waals surface area (Å²) in [7, 11) is -4.12. The maximum Gasteiger partial charge on any atom is 0.389 e. The summed E-state index contributed by atoms with van der Waals surface area (Å²) >= 11 is 0. The van der Waals surface area contributed by atoms with Gasteiger partial charge in [0.05, 0.1) is 4.90 Å². The molecule has 1 fully saturated rings. The van der Waals surface area contributed by atoms with Crippen LogP contribution in [0.25, 0.3) is 11.1 Å². The molecule has 0 atom stereocenters. The number of hydrogen-bond donors (Lipinski definition) is 2. The van der Waals surface area contributed by atoms with E-state index in [1.54, 1.807) is 36.4 Å². The molecule has 168 valence electrons. The number of amides is 1. The molecule has 2 aromatic rings. The molecule has 1 aliphatic rings. The summed E-state index contributed by atoms with van der Waals surface area (Å²) in [5.41, 5.74) is 3.41. The first-order valence-corrected chi connectivity index (χ1v) is 11.1. The minimum atomic E-state index is -4.21. The number of benzene rings is 2. The highest BCUT2D eigenvalue weighted by molar-refractivity contribution is 7.93. The summed E-state index contributed by atoms with van der Waals surface area (Å²) in [5, 5.41) is 9.09. The third-order valence-corrected chi connectivity index (χ3v) is 7.99. The zero-order chi connectivity index (χ0) is 22.7. The molecule has 2 aromatic carbocycles. The van der Waals surface area contributed by atoms with Gasteiger partial charge in [-0.3, -0.25) is 10.0 Å². The molecule has 1 aliphatic heterocycles.